The van der Waals surface area contributed by atoms with E-state index in [9.17, 15) is 0 Å². The van der Waals surface area contributed by atoms with Gasteiger partial charge in [0.1, 0.15) is 5.82 Å². The minimum absolute atomic E-state index is 0. The standard InChI is InChI=1S/C61H60N4O.Pt/c1-57(2,3)40-27-28-62-56(36-40)65-54-24-18-17-23-52(54)61(50-21-15-13-19-48(50)49-20-14-16-22-51(49)61)53-26-25-46(38-55(53)65)66-47-35-43(60(10,11)12)34-45(37-47)64-30-29-63(39-64)44-32-41(58(4,5)6)31-42(33-44)59(7,8)9;/h13-36H,1-12H3;/q-2;. The molecule has 0 fully saturated rings. The molecule has 1 spiro atoms. The number of ether oxygens (including phenoxy) is 1. The van der Waals surface area contributed by atoms with Crippen LogP contribution in [0.4, 0.5) is 17.2 Å². The molecule has 6 aromatic carbocycles. The summed E-state index contributed by atoms with van der Waals surface area (Å²) in [7, 11) is 0. The fourth-order valence-corrected chi connectivity index (χ4v) is 9.79. The molecule has 0 radical (unpaired) electrons. The SMILES string of the molecule is CC(C)(C)c1cc(Oc2[c-]c3c(cc2)C2(c4ccccc4-c4ccccc42)c2ccccc2N3c2cc(C(C)(C)C)ccn2)[c-]c(-n2[c-][n+](-c3cc(C(C)(C)C)cc(C(C)(C)C)c3)cc2)c1.[Pt]. The molecule has 0 N–H and O–H groups in total. The zero-order valence-corrected chi connectivity index (χ0v) is 43.1. The zero-order chi connectivity index (χ0) is 46.6. The Morgan fingerprint density at radius 1 is 0.537 bits per heavy atom. The summed E-state index contributed by atoms with van der Waals surface area (Å²) in [4.78, 5) is 7.37. The van der Waals surface area contributed by atoms with Crippen LogP contribution in [0, 0.1) is 18.5 Å². The predicted octanol–water partition coefficient (Wildman–Crippen LogP) is 14.7. The van der Waals surface area contributed by atoms with Crippen molar-refractivity contribution in [2.45, 2.75) is 110 Å². The van der Waals surface area contributed by atoms with Crippen LogP contribution in [-0.2, 0) is 48.1 Å². The molecule has 5 nitrogen and oxygen atoms in total. The van der Waals surface area contributed by atoms with Crippen molar-refractivity contribution in [1.29, 1.82) is 0 Å². The van der Waals surface area contributed by atoms with Gasteiger partial charge in [-0.05, 0) is 102 Å². The van der Waals surface area contributed by atoms with Crippen LogP contribution < -0.4 is 14.2 Å². The average molecular weight is 1060 g/mol. The minimum atomic E-state index is -0.600. The number of benzene rings is 6. The smallest absolute Gasteiger partial charge is 0.267 e. The maximum Gasteiger partial charge on any atom is 0.267 e. The van der Waals surface area contributed by atoms with Crippen LogP contribution in [0.2, 0.25) is 0 Å². The number of hydrogen-bond donors (Lipinski definition) is 0. The number of aromatic nitrogens is 3. The first kappa shape index (κ1) is 46.1. The molecule has 67 heavy (non-hydrogen) atoms. The number of nitrogens with zero attached hydrogens (tertiary/aromatic N) is 4. The number of pyridine rings is 1. The molecule has 0 atom stereocenters. The molecule has 1 aliphatic heterocycles. The van der Waals surface area contributed by atoms with Gasteiger partial charge in [0.25, 0.3) is 6.33 Å². The zero-order valence-electron chi connectivity index (χ0n) is 40.9. The molecule has 2 aromatic heterocycles. The molecule has 0 saturated carbocycles. The van der Waals surface area contributed by atoms with Crippen LogP contribution in [0.15, 0.2) is 146 Å². The molecule has 342 valence electrons. The van der Waals surface area contributed by atoms with E-state index in [0.29, 0.717) is 11.5 Å². The summed E-state index contributed by atoms with van der Waals surface area (Å²) in [6.07, 6.45) is 9.70. The molecule has 2 aliphatic rings. The Labute approximate surface area is 412 Å². The van der Waals surface area contributed by atoms with E-state index in [2.05, 4.69) is 251 Å². The minimum Gasteiger partial charge on any atom is -0.510 e. The van der Waals surface area contributed by atoms with Crippen molar-refractivity contribution in [1.82, 2.24) is 9.55 Å². The van der Waals surface area contributed by atoms with Gasteiger partial charge in [-0.3, -0.25) is 4.57 Å². The third-order valence-electron chi connectivity index (χ3n) is 13.6. The summed E-state index contributed by atoms with van der Waals surface area (Å²) in [5.41, 5.74) is 15.3. The number of rotatable bonds is 5. The number of para-hydroxylation sites is 1. The topological polar surface area (TPSA) is 34.2 Å². The molecular weight excluding hydrogens is 1000 g/mol. The van der Waals surface area contributed by atoms with Gasteiger partial charge in [0, 0.05) is 62.3 Å². The summed E-state index contributed by atoms with van der Waals surface area (Å²) in [5.74, 6) is 2.03. The van der Waals surface area contributed by atoms with E-state index >= 15 is 0 Å². The van der Waals surface area contributed by atoms with E-state index in [-0.39, 0.29) is 42.7 Å². The molecule has 0 amide bonds. The van der Waals surface area contributed by atoms with Crippen molar-refractivity contribution in [3.63, 3.8) is 0 Å². The maximum atomic E-state index is 6.99. The van der Waals surface area contributed by atoms with Gasteiger partial charge >= 0.3 is 0 Å². The maximum absolute atomic E-state index is 6.99. The average Bonchev–Trinajstić information content (AvgIpc) is 3.88. The molecule has 3 heterocycles. The van der Waals surface area contributed by atoms with Gasteiger partial charge in [-0.15, -0.1) is 29.8 Å². The Kier molecular flexibility index (Phi) is 11.2. The van der Waals surface area contributed by atoms with E-state index in [1.807, 2.05) is 10.8 Å². The largest absolute Gasteiger partial charge is 0.510 e. The molecule has 10 rings (SSSR count). The fourth-order valence-electron chi connectivity index (χ4n) is 9.79. The van der Waals surface area contributed by atoms with Crippen LogP contribution >= 0.6 is 0 Å². The van der Waals surface area contributed by atoms with Crippen molar-refractivity contribution in [2.24, 2.45) is 0 Å². The van der Waals surface area contributed by atoms with Crippen molar-refractivity contribution in [3.05, 3.63) is 209 Å². The second-order valence-corrected chi connectivity index (χ2v) is 22.3. The van der Waals surface area contributed by atoms with Gasteiger partial charge in [-0.25, -0.2) is 4.98 Å². The second kappa shape index (κ2) is 16.3. The molecular formula is C61H60N4OPt-2. The summed E-state index contributed by atoms with van der Waals surface area (Å²) in [5, 5.41) is 0. The summed E-state index contributed by atoms with van der Waals surface area (Å²) < 4.78 is 11.1. The van der Waals surface area contributed by atoms with E-state index in [4.69, 9.17) is 9.72 Å². The third-order valence-corrected chi connectivity index (χ3v) is 13.6. The Balaban J connectivity index is 0.00000562. The van der Waals surface area contributed by atoms with Crippen LogP contribution in [0.25, 0.3) is 22.5 Å². The first-order chi connectivity index (χ1) is 31.2. The normalized spacial score (nSPS) is 13.9. The van der Waals surface area contributed by atoms with Crippen LogP contribution in [0.3, 0.4) is 0 Å². The van der Waals surface area contributed by atoms with E-state index in [0.717, 1.165) is 39.7 Å². The third kappa shape index (κ3) is 7.97. The molecule has 1 aliphatic carbocycles. The number of fused-ring (bicyclic) bond motifs is 9. The van der Waals surface area contributed by atoms with Gasteiger partial charge in [-0.1, -0.05) is 162 Å². The monoisotopic (exact) mass is 1060 g/mol. The number of anilines is 3. The molecule has 6 heteroatoms. The quantitative estimate of drug-likeness (QED) is 0.127. The second-order valence-electron chi connectivity index (χ2n) is 22.3. The summed E-state index contributed by atoms with van der Waals surface area (Å²) >= 11 is 0. The van der Waals surface area contributed by atoms with Gasteiger partial charge in [0.2, 0.25) is 0 Å². The van der Waals surface area contributed by atoms with Gasteiger partial charge in [0.15, 0.2) is 0 Å². The summed E-state index contributed by atoms with van der Waals surface area (Å²) in [6.45, 7) is 27.1. The van der Waals surface area contributed by atoms with E-state index in [1.165, 1.54) is 44.5 Å². The molecule has 8 aromatic rings. The Bertz CT molecular complexity index is 3110. The fraction of sp³-hybridized carbons (Fsp3) is 0.279. The summed E-state index contributed by atoms with van der Waals surface area (Å²) in [6, 6.07) is 54.0. The van der Waals surface area contributed by atoms with Gasteiger partial charge in [0.05, 0.1) is 5.69 Å². The van der Waals surface area contributed by atoms with Gasteiger partial charge < -0.3 is 14.2 Å². The van der Waals surface area contributed by atoms with Crippen molar-refractivity contribution in [3.8, 4) is 34.0 Å². The van der Waals surface area contributed by atoms with Crippen molar-refractivity contribution >= 4 is 17.2 Å². The Hall–Kier alpha value is -6.03. The van der Waals surface area contributed by atoms with Crippen LogP contribution in [-0.4, -0.2) is 9.55 Å². The predicted molar refractivity (Wildman–Crippen MR) is 268 cm³/mol. The molecule has 0 unspecified atom stereocenters. The van der Waals surface area contributed by atoms with Crippen molar-refractivity contribution < 1.29 is 30.4 Å². The number of hydrogen-bond acceptors (Lipinski definition) is 3. The Morgan fingerprint density at radius 3 is 1.72 bits per heavy atom. The number of imidazole rings is 1. The first-order valence-electron chi connectivity index (χ1n) is 23.3. The Morgan fingerprint density at radius 2 is 1.10 bits per heavy atom. The van der Waals surface area contributed by atoms with E-state index in [1.54, 1.807) is 0 Å². The molecule has 0 bridgehead atoms. The first-order valence-corrected chi connectivity index (χ1v) is 23.3. The van der Waals surface area contributed by atoms with Crippen molar-refractivity contribution in [2.75, 3.05) is 4.90 Å². The van der Waals surface area contributed by atoms with E-state index < -0.39 is 5.41 Å². The van der Waals surface area contributed by atoms with Gasteiger partial charge in [-0.2, -0.15) is 17.7 Å². The van der Waals surface area contributed by atoms with Crippen LogP contribution in [0.1, 0.15) is 128 Å². The molecule has 0 saturated heterocycles. The van der Waals surface area contributed by atoms with Crippen LogP contribution in [0.5, 0.6) is 11.5 Å².